The monoisotopic (exact) mass is 294 g/mol. The number of carbonyl (C=O) groups excluding carboxylic acids is 1. The summed E-state index contributed by atoms with van der Waals surface area (Å²) in [6, 6.07) is -0.768. The molecule has 118 valence electrons. The fourth-order valence-electron chi connectivity index (χ4n) is 4.54. The summed E-state index contributed by atoms with van der Waals surface area (Å²) in [5.74, 6) is 0.672. The molecule has 5 unspecified atom stereocenters. The van der Waals surface area contributed by atoms with Gasteiger partial charge in [0.25, 0.3) is 0 Å². The number of carboxylic acids is 1. The molecule has 2 saturated heterocycles. The minimum Gasteiger partial charge on any atom is -0.480 e. The van der Waals surface area contributed by atoms with Crippen LogP contribution >= 0.6 is 0 Å². The zero-order chi connectivity index (χ0) is 15.0. The van der Waals surface area contributed by atoms with Crippen molar-refractivity contribution in [1.29, 1.82) is 0 Å². The van der Waals surface area contributed by atoms with Crippen molar-refractivity contribution in [2.24, 2.45) is 17.8 Å². The Bertz CT molecular complexity index is 426. The highest BCUT2D eigenvalue weighted by Gasteiger charge is 2.46. The van der Waals surface area contributed by atoms with Crippen molar-refractivity contribution in [3.63, 3.8) is 0 Å². The first-order chi connectivity index (χ1) is 10.1. The summed E-state index contributed by atoms with van der Waals surface area (Å²) >= 11 is 0. The van der Waals surface area contributed by atoms with Crippen LogP contribution in [-0.2, 0) is 9.59 Å². The maximum absolute atomic E-state index is 12.9. The molecule has 0 aromatic rings. The minimum atomic E-state index is -0.845. The summed E-state index contributed by atoms with van der Waals surface area (Å²) in [7, 11) is 0. The quantitative estimate of drug-likeness (QED) is 0.827. The zero-order valence-corrected chi connectivity index (χ0v) is 12.8. The second-order valence-electron chi connectivity index (χ2n) is 6.93. The Kier molecular flexibility index (Phi) is 4.20. The lowest BCUT2D eigenvalue weighted by Gasteiger charge is -2.39. The van der Waals surface area contributed by atoms with Gasteiger partial charge in [0, 0.05) is 6.54 Å². The van der Waals surface area contributed by atoms with Crippen LogP contribution in [0.1, 0.15) is 45.4 Å². The predicted octanol–water partition coefficient (Wildman–Crippen LogP) is 1.48. The molecule has 5 heteroatoms. The molecular weight excluding hydrogens is 268 g/mol. The van der Waals surface area contributed by atoms with Crippen molar-refractivity contribution in [1.82, 2.24) is 10.2 Å². The first kappa shape index (κ1) is 14.8. The molecule has 0 aromatic heterocycles. The minimum absolute atomic E-state index is 0.0337. The second kappa shape index (κ2) is 5.95. The number of hydrogen-bond donors (Lipinski definition) is 2. The van der Waals surface area contributed by atoms with Crippen LogP contribution in [0.2, 0.25) is 0 Å². The van der Waals surface area contributed by atoms with Crippen LogP contribution in [0.5, 0.6) is 0 Å². The number of rotatable bonds is 3. The van der Waals surface area contributed by atoms with E-state index in [-0.39, 0.29) is 11.9 Å². The number of aliphatic carboxylic acids is 1. The Morgan fingerprint density at radius 2 is 2.10 bits per heavy atom. The molecule has 1 aliphatic carbocycles. The first-order valence-electron chi connectivity index (χ1n) is 8.38. The van der Waals surface area contributed by atoms with Gasteiger partial charge in [-0.3, -0.25) is 4.79 Å². The topological polar surface area (TPSA) is 69.6 Å². The number of fused-ring (bicyclic) bond motifs is 1. The molecule has 2 aliphatic heterocycles. The van der Waals surface area contributed by atoms with E-state index in [2.05, 4.69) is 12.2 Å². The van der Waals surface area contributed by atoms with Crippen molar-refractivity contribution >= 4 is 11.9 Å². The average molecular weight is 294 g/mol. The molecule has 2 N–H and O–H groups in total. The maximum Gasteiger partial charge on any atom is 0.326 e. The van der Waals surface area contributed by atoms with Gasteiger partial charge in [-0.05, 0) is 50.0 Å². The molecule has 0 aromatic carbocycles. The van der Waals surface area contributed by atoms with E-state index in [4.69, 9.17) is 0 Å². The number of nitrogens with zero attached hydrogens (tertiary/aromatic N) is 1. The van der Waals surface area contributed by atoms with Crippen LogP contribution < -0.4 is 5.32 Å². The third kappa shape index (κ3) is 2.68. The summed E-state index contributed by atoms with van der Waals surface area (Å²) < 4.78 is 0. The molecule has 0 radical (unpaired) electrons. The zero-order valence-electron chi connectivity index (χ0n) is 12.8. The van der Waals surface area contributed by atoms with Gasteiger partial charge in [0.05, 0.1) is 6.04 Å². The lowest BCUT2D eigenvalue weighted by atomic mass is 9.87. The van der Waals surface area contributed by atoms with Gasteiger partial charge in [-0.25, -0.2) is 4.79 Å². The van der Waals surface area contributed by atoms with E-state index in [1.165, 1.54) is 12.8 Å². The third-order valence-corrected chi connectivity index (χ3v) is 5.87. The van der Waals surface area contributed by atoms with E-state index in [0.29, 0.717) is 30.7 Å². The van der Waals surface area contributed by atoms with Crippen molar-refractivity contribution in [2.75, 3.05) is 13.1 Å². The van der Waals surface area contributed by atoms with Gasteiger partial charge in [0.1, 0.15) is 6.04 Å². The molecule has 0 bridgehead atoms. The van der Waals surface area contributed by atoms with Crippen LogP contribution in [0, 0.1) is 17.8 Å². The fourth-order valence-corrected chi connectivity index (χ4v) is 4.54. The van der Waals surface area contributed by atoms with Crippen LogP contribution in [0.3, 0.4) is 0 Å². The second-order valence-corrected chi connectivity index (χ2v) is 6.93. The molecule has 0 spiro atoms. The Hall–Kier alpha value is -1.10. The Labute approximate surface area is 126 Å². The molecule has 3 fully saturated rings. The van der Waals surface area contributed by atoms with Gasteiger partial charge in [-0.15, -0.1) is 0 Å². The van der Waals surface area contributed by atoms with E-state index in [0.717, 1.165) is 25.8 Å². The van der Waals surface area contributed by atoms with Crippen LogP contribution in [0.4, 0.5) is 0 Å². The van der Waals surface area contributed by atoms with E-state index in [9.17, 15) is 14.7 Å². The number of amides is 1. The van der Waals surface area contributed by atoms with Crippen LogP contribution in [0.25, 0.3) is 0 Å². The molecule has 1 saturated carbocycles. The van der Waals surface area contributed by atoms with Crippen molar-refractivity contribution in [3.8, 4) is 0 Å². The van der Waals surface area contributed by atoms with Crippen LogP contribution in [0.15, 0.2) is 0 Å². The molecule has 3 aliphatic rings. The molecule has 2 heterocycles. The molecular formula is C16H26N2O3. The first-order valence-corrected chi connectivity index (χ1v) is 8.38. The number of piperidine rings is 1. The Morgan fingerprint density at radius 3 is 2.81 bits per heavy atom. The summed E-state index contributed by atoms with van der Waals surface area (Å²) in [5.41, 5.74) is 0. The van der Waals surface area contributed by atoms with Gasteiger partial charge in [-0.2, -0.15) is 0 Å². The number of likely N-dealkylation sites (tertiary alicyclic amines) is 1. The molecule has 21 heavy (non-hydrogen) atoms. The SMILES string of the molecule is CCC1CCN(C(=O)C2NCC3CCCC32)C(C(=O)O)C1. The van der Waals surface area contributed by atoms with Crippen LogP contribution in [-0.4, -0.2) is 47.1 Å². The molecule has 3 rings (SSSR count). The van der Waals surface area contributed by atoms with E-state index >= 15 is 0 Å². The van der Waals surface area contributed by atoms with E-state index in [1.54, 1.807) is 4.90 Å². The lowest BCUT2D eigenvalue weighted by Crippen LogP contribution is -2.55. The number of hydrogen-bond acceptors (Lipinski definition) is 3. The van der Waals surface area contributed by atoms with Gasteiger partial charge in [0.2, 0.25) is 5.91 Å². The predicted molar refractivity (Wildman–Crippen MR) is 78.8 cm³/mol. The smallest absolute Gasteiger partial charge is 0.326 e. The fraction of sp³-hybridized carbons (Fsp3) is 0.875. The molecule has 5 atom stereocenters. The normalized spacial score (nSPS) is 39.3. The number of carbonyl (C=O) groups is 2. The lowest BCUT2D eigenvalue weighted by molar-refractivity contribution is -0.154. The Balaban J connectivity index is 1.72. The van der Waals surface area contributed by atoms with Gasteiger partial charge in [0.15, 0.2) is 0 Å². The summed E-state index contributed by atoms with van der Waals surface area (Å²) in [6.07, 6.45) is 6.07. The third-order valence-electron chi connectivity index (χ3n) is 5.87. The largest absolute Gasteiger partial charge is 0.480 e. The van der Waals surface area contributed by atoms with Crippen molar-refractivity contribution in [2.45, 2.75) is 57.5 Å². The summed E-state index contributed by atoms with van der Waals surface area (Å²) in [5, 5.41) is 12.8. The van der Waals surface area contributed by atoms with Crippen molar-refractivity contribution < 1.29 is 14.7 Å². The highest BCUT2D eigenvalue weighted by molar-refractivity contribution is 5.87. The summed E-state index contributed by atoms with van der Waals surface area (Å²) in [4.78, 5) is 26.1. The number of carboxylic acid groups (broad SMARTS) is 1. The van der Waals surface area contributed by atoms with E-state index in [1.807, 2.05) is 0 Å². The highest BCUT2D eigenvalue weighted by Crippen LogP contribution is 2.39. The molecule has 5 nitrogen and oxygen atoms in total. The highest BCUT2D eigenvalue weighted by atomic mass is 16.4. The van der Waals surface area contributed by atoms with E-state index < -0.39 is 12.0 Å². The Morgan fingerprint density at radius 1 is 1.29 bits per heavy atom. The average Bonchev–Trinajstić information content (AvgIpc) is 3.08. The molecule has 1 amide bonds. The van der Waals surface area contributed by atoms with Crippen molar-refractivity contribution in [3.05, 3.63) is 0 Å². The standard InChI is InChI=1S/C16H26N2O3/c1-2-10-6-7-18(13(8-10)16(20)21)15(19)14-12-5-3-4-11(12)9-17-14/h10-14,17H,2-9H2,1H3,(H,20,21). The summed E-state index contributed by atoms with van der Waals surface area (Å²) in [6.45, 7) is 3.62. The van der Waals surface area contributed by atoms with Gasteiger partial charge >= 0.3 is 5.97 Å². The van der Waals surface area contributed by atoms with Gasteiger partial charge < -0.3 is 15.3 Å². The maximum atomic E-state index is 12.9. The number of nitrogens with one attached hydrogen (secondary N) is 1. The van der Waals surface area contributed by atoms with Gasteiger partial charge in [-0.1, -0.05) is 19.8 Å².